The quantitative estimate of drug-likeness (QED) is 0.714. The average Bonchev–Trinajstić information content (AvgIpc) is 3.18. The lowest BCUT2D eigenvalue weighted by molar-refractivity contribution is -0.143. The van der Waals surface area contributed by atoms with Crippen molar-refractivity contribution in [1.29, 1.82) is 0 Å². The summed E-state index contributed by atoms with van der Waals surface area (Å²) in [4.78, 5) is 23.1. The molecule has 1 amide bonds. The number of carboxylic acid groups (broad SMARTS) is 1. The molecule has 1 aliphatic carbocycles. The summed E-state index contributed by atoms with van der Waals surface area (Å²) in [6.45, 7) is -0.0873. The van der Waals surface area contributed by atoms with Crippen molar-refractivity contribution in [3.8, 4) is 0 Å². The Kier molecular flexibility index (Phi) is 4.10. The van der Waals surface area contributed by atoms with E-state index in [2.05, 4.69) is 10.0 Å². The number of nitrogens with one attached hydrogen (secondary N) is 2. The van der Waals surface area contributed by atoms with E-state index >= 15 is 0 Å². The number of sulfonamides is 1. The number of carboxylic acids is 1. The zero-order valence-electron chi connectivity index (χ0n) is 11.7. The van der Waals surface area contributed by atoms with E-state index in [9.17, 15) is 22.4 Å². The number of carbonyl (C=O) groups is 2. The summed E-state index contributed by atoms with van der Waals surface area (Å²) >= 11 is 0. The Balaban J connectivity index is 2.18. The van der Waals surface area contributed by atoms with E-state index in [1.807, 2.05) is 0 Å². The van der Waals surface area contributed by atoms with E-state index in [4.69, 9.17) is 5.11 Å². The van der Waals surface area contributed by atoms with Crippen LogP contribution in [-0.2, 0) is 14.8 Å². The largest absolute Gasteiger partial charge is 0.481 e. The molecule has 0 aliphatic heterocycles. The van der Waals surface area contributed by atoms with E-state index in [1.54, 1.807) is 0 Å². The van der Waals surface area contributed by atoms with Gasteiger partial charge in [-0.15, -0.1) is 0 Å². The van der Waals surface area contributed by atoms with Gasteiger partial charge in [0, 0.05) is 6.54 Å². The molecule has 1 aromatic carbocycles. The molecular weight excluding hydrogens is 315 g/mol. The Bertz CT molecular complexity index is 728. The normalized spacial score (nSPS) is 15.9. The Morgan fingerprint density at radius 3 is 2.50 bits per heavy atom. The molecule has 22 heavy (non-hydrogen) atoms. The molecule has 3 N–H and O–H groups in total. The summed E-state index contributed by atoms with van der Waals surface area (Å²) < 4.78 is 38.0. The van der Waals surface area contributed by atoms with Crippen molar-refractivity contribution in [1.82, 2.24) is 5.32 Å². The molecule has 0 radical (unpaired) electrons. The Morgan fingerprint density at radius 1 is 1.36 bits per heavy atom. The van der Waals surface area contributed by atoms with E-state index in [0.29, 0.717) is 12.8 Å². The summed E-state index contributed by atoms with van der Waals surface area (Å²) in [7, 11) is -3.64. The van der Waals surface area contributed by atoms with Gasteiger partial charge in [0.25, 0.3) is 5.91 Å². The van der Waals surface area contributed by atoms with Gasteiger partial charge in [-0.3, -0.25) is 14.3 Å². The van der Waals surface area contributed by atoms with Gasteiger partial charge >= 0.3 is 5.97 Å². The van der Waals surface area contributed by atoms with E-state index in [0.717, 1.165) is 24.5 Å². The monoisotopic (exact) mass is 330 g/mol. The van der Waals surface area contributed by atoms with Crippen molar-refractivity contribution in [2.75, 3.05) is 17.5 Å². The van der Waals surface area contributed by atoms with Crippen LogP contribution in [0.1, 0.15) is 23.2 Å². The lowest BCUT2D eigenvalue weighted by atomic mass is 10.1. The number of hydrogen-bond donors (Lipinski definition) is 3. The molecule has 0 aromatic heterocycles. The minimum Gasteiger partial charge on any atom is -0.481 e. The van der Waals surface area contributed by atoms with E-state index < -0.39 is 33.1 Å². The van der Waals surface area contributed by atoms with Crippen molar-refractivity contribution in [2.24, 2.45) is 5.41 Å². The number of anilines is 1. The van der Waals surface area contributed by atoms with Crippen LogP contribution in [0.5, 0.6) is 0 Å². The van der Waals surface area contributed by atoms with Crippen molar-refractivity contribution >= 4 is 27.6 Å². The SMILES string of the molecule is CS(=O)(=O)Nc1ccc(F)cc1C(=O)NCC1(C(=O)O)CC1. The number of hydrogen-bond acceptors (Lipinski definition) is 4. The first kappa shape index (κ1) is 16.2. The van der Waals surface area contributed by atoms with E-state index in [1.165, 1.54) is 0 Å². The molecule has 1 fully saturated rings. The van der Waals surface area contributed by atoms with Crippen LogP contribution in [0.3, 0.4) is 0 Å². The molecule has 120 valence electrons. The predicted molar refractivity (Wildman–Crippen MR) is 76.5 cm³/mol. The first-order valence-electron chi connectivity index (χ1n) is 6.42. The minimum absolute atomic E-state index is 0.0680. The molecule has 0 atom stereocenters. The van der Waals surface area contributed by atoms with Gasteiger partial charge in [0.2, 0.25) is 10.0 Å². The Labute approximate surface area is 126 Å². The highest BCUT2D eigenvalue weighted by Crippen LogP contribution is 2.45. The predicted octanol–water partition coefficient (Wildman–Crippen LogP) is 0.792. The van der Waals surface area contributed by atoms with Gasteiger partial charge in [-0.05, 0) is 31.0 Å². The molecule has 0 spiro atoms. The topological polar surface area (TPSA) is 113 Å². The molecule has 0 saturated heterocycles. The maximum atomic E-state index is 13.3. The van der Waals surface area contributed by atoms with Crippen molar-refractivity contribution in [3.63, 3.8) is 0 Å². The molecule has 0 unspecified atom stereocenters. The van der Waals surface area contributed by atoms with Crippen LogP contribution in [0.2, 0.25) is 0 Å². The van der Waals surface area contributed by atoms with Gasteiger partial charge < -0.3 is 10.4 Å². The maximum Gasteiger partial charge on any atom is 0.311 e. The third kappa shape index (κ3) is 3.73. The van der Waals surface area contributed by atoms with Gasteiger partial charge in [0.05, 0.1) is 22.9 Å². The van der Waals surface area contributed by atoms with Crippen molar-refractivity contribution in [3.05, 3.63) is 29.6 Å². The molecule has 1 saturated carbocycles. The number of benzene rings is 1. The molecule has 9 heteroatoms. The molecule has 2 rings (SSSR count). The molecule has 0 heterocycles. The second-order valence-corrected chi connectivity index (χ2v) is 7.08. The zero-order chi connectivity index (χ0) is 16.5. The number of amides is 1. The molecule has 7 nitrogen and oxygen atoms in total. The highest BCUT2D eigenvalue weighted by molar-refractivity contribution is 7.92. The molecular formula is C13H15FN2O5S. The summed E-state index contributed by atoms with van der Waals surface area (Å²) in [5.41, 5.74) is -1.24. The summed E-state index contributed by atoms with van der Waals surface area (Å²) in [5, 5.41) is 11.5. The van der Waals surface area contributed by atoms with Crippen LogP contribution in [0.4, 0.5) is 10.1 Å². The van der Waals surface area contributed by atoms with Gasteiger partial charge in [-0.25, -0.2) is 12.8 Å². The third-order valence-corrected chi connectivity index (χ3v) is 4.01. The van der Waals surface area contributed by atoms with Crippen molar-refractivity contribution in [2.45, 2.75) is 12.8 Å². The number of rotatable bonds is 6. The third-order valence-electron chi connectivity index (χ3n) is 3.42. The van der Waals surface area contributed by atoms with Gasteiger partial charge in [0.1, 0.15) is 5.82 Å². The van der Waals surface area contributed by atoms with Crippen LogP contribution in [0.25, 0.3) is 0 Å². The fourth-order valence-corrected chi connectivity index (χ4v) is 2.53. The van der Waals surface area contributed by atoms with Gasteiger partial charge in [-0.2, -0.15) is 0 Å². The van der Waals surface area contributed by atoms with Crippen LogP contribution in [-0.4, -0.2) is 38.2 Å². The van der Waals surface area contributed by atoms with Crippen molar-refractivity contribution < 1.29 is 27.5 Å². The summed E-state index contributed by atoms with van der Waals surface area (Å²) in [6, 6.07) is 3.04. The smallest absolute Gasteiger partial charge is 0.311 e. The number of carbonyl (C=O) groups excluding carboxylic acids is 1. The van der Waals surface area contributed by atoms with Crippen LogP contribution < -0.4 is 10.0 Å². The zero-order valence-corrected chi connectivity index (χ0v) is 12.5. The highest BCUT2D eigenvalue weighted by atomic mass is 32.2. The standard InChI is InChI=1S/C13H15FN2O5S/c1-22(20,21)16-10-3-2-8(14)6-9(10)11(17)15-7-13(4-5-13)12(18)19/h2-3,6,16H,4-5,7H2,1H3,(H,15,17)(H,18,19). The minimum atomic E-state index is -3.64. The Morgan fingerprint density at radius 2 is 2.00 bits per heavy atom. The maximum absolute atomic E-state index is 13.3. The molecule has 1 aliphatic rings. The second kappa shape index (κ2) is 5.56. The van der Waals surface area contributed by atoms with Crippen LogP contribution >= 0.6 is 0 Å². The second-order valence-electron chi connectivity index (χ2n) is 5.33. The fraction of sp³-hybridized carbons (Fsp3) is 0.385. The molecule has 1 aromatic rings. The van der Waals surface area contributed by atoms with Crippen LogP contribution in [0.15, 0.2) is 18.2 Å². The summed E-state index contributed by atoms with van der Waals surface area (Å²) in [5.74, 6) is -2.44. The molecule has 0 bridgehead atoms. The summed E-state index contributed by atoms with van der Waals surface area (Å²) in [6.07, 6.45) is 1.82. The van der Waals surface area contributed by atoms with Gasteiger partial charge in [-0.1, -0.05) is 0 Å². The van der Waals surface area contributed by atoms with E-state index in [-0.39, 0.29) is 17.8 Å². The first-order chi connectivity index (χ1) is 10.1. The number of aliphatic carboxylic acids is 1. The average molecular weight is 330 g/mol. The lowest BCUT2D eigenvalue weighted by Gasteiger charge is -2.14. The van der Waals surface area contributed by atoms with Crippen LogP contribution in [0, 0.1) is 11.2 Å². The number of halogens is 1. The highest BCUT2D eigenvalue weighted by Gasteiger charge is 2.50. The lowest BCUT2D eigenvalue weighted by Crippen LogP contribution is -2.34. The first-order valence-corrected chi connectivity index (χ1v) is 8.31. The van der Waals surface area contributed by atoms with Gasteiger partial charge in [0.15, 0.2) is 0 Å². The Hall–Kier alpha value is -2.16. The fourth-order valence-electron chi connectivity index (χ4n) is 1.95.